The molecule has 0 amide bonds. The molecule has 1 aromatic heterocycles. The van der Waals surface area contributed by atoms with Crippen molar-refractivity contribution in [1.82, 2.24) is 4.98 Å². The summed E-state index contributed by atoms with van der Waals surface area (Å²) in [5.74, 6) is -0.813. The quantitative estimate of drug-likeness (QED) is 0.883. The first-order chi connectivity index (χ1) is 9.59. The predicted molar refractivity (Wildman–Crippen MR) is 73.3 cm³/mol. The molecule has 1 aromatic carbocycles. The summed E-state index contributed by atoms with van der Waals surface area (Å²) in [5.41, 5.74) is 0.168. The predicted octanol–water partition coefficient (Wildman–Crippen LogP) is 3.07. The molecule has 1 atom stereocenters. The molecule has 2 aromatic rings. The monoisotopic (exact) mass is 278 g/mol. The van der Waals surface area contributed by atoms with E-state index in [1.807, 2.05) is 6.92 Å². The first kappa shape index (κ1) is 14.4. The van der Waals surface area contributed by atoms with Crippen molar-refractivity contribution in [2.24, 2.45) is 0 Å². The van der Waals surface area contributed by atoms with Crippen molar-refractivity contribution in [3.8, 4) is 0 Å². The lowest BCUT2D eigenvalue weighted by Gasteiger charge is -2.32. The minimum absolute atomic E-state index is 0.237. The van der Waals surface area contributed by atoms with Crippen molar-refractivity contribution in [2.75, 3.05) is 11.9 Å². The average molecular weight is 278 g/mol. The van der Waals surface area contributed by atoms with Crippen LogP contribution in [0.5, 0.6) is 0 Å². The topological polar surface area (TPSA) is 45.1 Å². The van der Waals surface area contributed by atoms with E-state index in [4.69, 9.17) is 0 Å². The highest BCUT2D eigenvalue weighted by molar-refractivity contribution is 5.47. The molecule has 0 saturated heterocycles. The number of pyridine rings is 1. The van der Waals surface area contributed by atoms with E-state index in [1.165, 1.54) is 24.3 Å². The van der Waals surface area contributed by atoms with Crippen molar-refractivity contribution in [2.45, 2.75) is 18.9 Å². The fourth-order valence-electron chi connectivity index (χ4n) is 2.07. The van der Waals surface area contributed by atoms with E-state index < -0.39 is 11.4 Å². The van der Waals surface area contributed by atoms with Gasteiger partial charge in [-0.05, 0) is 36.8 Å². The van der Waals surface area contributed by atoms with Gasteiger partial charge in [-0.3, -0.25) is 4.98 Å². The van der Waals surface area contributed by atoms with Gasteiger partial charge in [-0.15, -0.1) is 0 Å². The summed E-state index contributed by atoms with van der Waals surface area (Å²) in [6.07, 6.45) is 1.61. The number of anilines is 1. The number of rotatable bonds is 5. The van der Waals surface area contributed by atoms with Gasteiger partial charge in [0.2, 0.25) is 0 Å². The Morgan fingerprint density at radius 2 is 2.00 bits per heavy atom. The van der Waals surface area contributed by atoms with Crippen LogP contribution in [0.2, 0.25) is 0 Å². The van der Waals surface area contributed by atoms with Crippen molar-refractivity contribution in [1.29, 1.82) is 0 Å². The number of aliphatic hydroxyl groups excluding tert-OH is 1. The Labute approximate surface area is 116 Å². The van der Waals surface area contributed by atoms with Crippen LogP contribution in [0.4, 0.5) is 14.5 Å². The van der Waals surface area contributed by atoms with E-state index in [0.29, 0.717) is 17.8 Å². The molecule has 0 aliphatic carbocycles. The highest BCUT2D eigenvalue weighted by atomic mass is 19.1. The largest absolute Gasteiger partial charge is 0.394 e. The Hall–Kier alpha value is -2.01. The fourth-order valence-corrected chi connectivity index (χ4v) is 2.07. The van der Waals surface area contributed by atoms with Crippen LogP contribution in [0.25, 0.3) is 0 Å². The zero-order valence-corrected chi connectivity index (χ0v) is 11.1. The lowest BCUT2D eigenvalue weighted by Crippen LogP contribution is -2.39. The number of hydrogen-bond donors (Lipinski definition) is 2. The number of nitrogens with one attached hydrogen (secondary N) is 1. The van der Waals surface area contributed by atoms with Crippen molar-refractivity contribution >= 4 is 5.69 Å². The molecule has 1 unspecified atom stereocenters. The highest BCUT2D eigenvalue weighted by Gasteiger charge is 2.31. The lowest BCUT2D eigenvalue weighted by molar-refractivity contribution is 0.204. The van der Waals surface area contributed by atoms with Gasteiger partial charge in [0, 0.05) is 5.69 Å². The molecular weight excluding hydrogens is 262 g/mol. The highest BCUT2D eigenvalue weighted by Crippen LogP contribution is 2.28. The number of aliphatic hydroxyl groups is 1. The SMILES string of the molecule is CCC(CO)(Nc1cccc(F)c1)c1ccc(F)cn1. The Balaban J connectivity index is 2.36. The minimum Gasteiger partial charge on any atom is -0.394 e. The van der Waals surface area contributed by atoms with Gasteiger partial charge in [0.1, 0.15) is 17.2 Å². The molecule has 0 bridgehead atoms. The molecule has 20 heavy (non-hydrogen) atoms. The van der Waals surface area contributed by atoms with Crippen LogP contribution in [-0.4, -0.2) is 16.7 Å². The van der Waals surface area contributed by atoms with E-state index in [2.05, 4.69) is 10.3 Å². The maximum atomic E-state index is 13.2. The number of benzene rings is 1. The van der Waals surface area contributed by atoms with E-state index in [9.17, 15) is 13.9 Å². The molecule has 1 heterocycles. The van der Waals surface area contributed by atoms with Crippen molar-refractivity contribution in [3.05, 3.63) is 59.9 Å². The van der Waals surface area contributed by atoms with E-state index in [1.54, 1.807) is 12.1 Å². The Morgan fingerprint density at radius 3 is 2.55 bits per heavy atom. The second kappa shape index (κ2) is 5.96. The van der Waals surface area contributed by atoms with Crippen molar-refractivity contribution in [3.63, 3.8) is 0 Å². The summed E-state index contributed by atoms with van der Waals surface area (Å²) in [4.78, 5) is 4.02. The van der Waals surface area contributed by atoms with Crippen LogP contribution < -0.4 is 5.32 Å². The maximum absolute atomic E-state index is 13.2. The van der Waals surface area contributed by atoms with E-state index in [-0.39, 0.29) is 12.4 Å². The molecule has 5 heteroatoms. The van der Waals surface area contributed by atoms with Crippen LogP contribution in [0.15, 0.2) is 42.6 Å². The molecule has 2 N–H and O–H groups in total. The molecule has 0 aliphatic heterocycles. The zero-order valence-electron chi connectivity index (χ0n) is 11.1. The third-order valence-electron chi connectivity index (χ3n) is 3.30. The summed E-state index contributed by atoms with van der Waals surface area (Å²) < 4.78 is 26.2. The molecule has 0 fully saturated rings. The fraction of sp³-hybridized carbons (Fsp3) is 0.267. The molecular formula is C15H16F2N2O. The standard InChI is InChI=1S/C15H16F2N2O/c1-2-15(10-20,14-7-6-12(17)9-18-14)19-13-5-3-4-11(16)8-13/h3-9,19-20H,2,10H2,1H3. The number of hydrogen-bond acceptors (Lipinski definition) is 3. The third kappa shape index (κ3) is 2.93. The summed E-state index contributed by atoms with van der Waals surface area (Å²) in [6.45, 7) is 1.63. The van der Waals surface area contributed by atoms with Crippen LogP contribution >= 0.6 is 0 Å². The smallest absolute Gasteiger partial charge is 0.141 e. The first-order valence-electron chi connectivity index (χ1n) is 6.36. The summed E-state index contributed by atoms with van der Waals surface area (Å²) in [6, 6.07) is 8.76. The van der Waals surface area contributed by atoms with Gasteiger partial charge < -0.3 is 10.4 Å². The molecule has 106 valence electrons. The molecule has 3 nitrogen and oxygen atoms in total. The normalized spacial score (nSPS) is 13.8. The van der Waals surface area contributed by atoms with Gasteiger partial charge in [-0.25, -0.2) is 8.78 Å². The lowest BCUT2D eigenvalue weighted by atomic mass is 9.91. The Morgan fingerprint density at radius 1 is 1.20 bits per heavy atom. The molecule has 0 spiro atoms. The Kier molecular flexibility index (Phi) is 4.29. The number of nitrogens with zero attached hydrogens (tertiary/aromatic N) is 1. The first-order valence-corrected chi connectivity index (χ1v) is 6.36. The van der Waals surface area contributed by atoms with Crippen LogP contribution in [0.3, 0.4) is 0 Å². The number of aromatic nitrogens is 1. The second-order valence-electron chi connectivity index (χ2n) is 4.59. The minimum atomic E-state index is -0.874. The zero-order chi connectivity index (χ0) is 14.6. The van der Waals surface area contributed by atoms with Gasteiger partial charge >= 0.3 is 0 Å². The second-order valence-corrected chi connectivity index (χ2v) is 4.59. The molecule has 0 radical (unpaired) electrons. The van der Waals surface area contributed by atoms with Crippen molar-refractivity contribution < 1.29 is 13.9 Å². The summed E-state index contributed by atoms with van der Waals surface area (Å²) >= 11 is 0. The summed E-state index contributed by atoms with van der Waals surface area (Å²) in [5, 5.41) is 12.8. The van der Waals surface area contributed by atoms with Gasteiger partial charge in [0.25, 0.3) is 0 Å². The van der Waals surface area contributed by atoms with Gasteiger partial charge in [-0.2, -0.15) is 0 Å². The van der Waals surface area contributed by atoms with Crippen LogP contribution in [0.1, 0.15) is 19.0 Å². The van der Waals surface area contributed by atoms with E-state index in [0.717, 1.165) is 6.20 Å². The van der Waals surface area contributed by atoms with E-state index >= 15 is 0 Å². The van der Waals surface area contributed by atoms with Gasteiger partial charge in [0.15, 0.2) is 0 Å². The molecule has 0 saturated carbocycles. The van der Waals surface area contributed by atoms with Crippen LogP contribution in [-0.2, 0) is 5.54 Å². The molecule has 0 aliphatic rings. The van der Waals surface area contributed by atoms with Crippen LogP contribution in [0, 0.1) is 11.6 Å². The summed E-state index contributed by atoms with van der Waals surface area (Å²) in [7, 11) is 0. The third-order valence-corrected chi connectivity index (χ3v) is 3.30. The molecule has 2 rings (SSSR count). The maximum Gasteiger partial charge on any atom is 0.141 e. The number of halogens is 2. The van der Waals surface area contributed by atoms with Gasteiger partial charge in [-0.1, -0.05) is 13.0 Å². The average Bonchev–Trinajstić information content (AvgIpc) is 2.46. The Bertz CT molecular complexity index is 568. The van der Waals surface area contributed by atoms with Gasteiger partial charge in [0.05, 0.1) is 18.5 Å².